The van der Waals surface area contributed by atoms with Gasteiger partial charge in [0.25, 0.3) is 0 Å². The summed E-state index contributed by atoms with van der Waals surface area (Å²) in [5.74, 6) is -1.79. The summed E-state index contributed by atoms with van der Waals surface area (Å²) in [4.78, 5) is 23.4. The van der Waals surface area contributed by atoms with Crippen molar-refractivity contribution in [2.24, 2.45) is 0 Å². The number of hydrogen-bond donors (Lipinski definition) is 1. The van der Waals surface area contributed by atoms with Gasteiger partial charge in [-0.2, -0.15) is 13.2 Å². The molecule has 0 aromatic rings. The van der Waals surface area contributed by atoms with Gasteiger partial charge in [0.1, 0.15) is 5.60 Å². The minimum Gasteiger partial charge on any atom is -0.480 e. The van der Waals surface area contributed by atoms with Crippen LogP contribution < -0.4 is 0 Å². The largest absolute Gasteiger partial charge is 0.480 e. The van der Waals surface area contributed by atoms with Crippen LogP contribution in [0.1, 0.15) is 20.8 Å². The molecule has 1 rings (SSSR count). The number of ether oxygens (including phenoxy) is 2. The van der Waals surface area contributed by atoms with E-state index in [9.17, 15) is 22.8 Å². The Kier molecular flexibility index (Phi) is 4.52. The van der Waals surface area contributed by atoms with Crippen molar-refractivity contribution in [3.8, 4) is 0 Å². The standard InChI is InChI=1S/C11H16F3NO5/c1-10(2,3)20-9(18)15-4-5-19-7(11(12,13)14)6(15)8(16)17/h6-7H,4-5H2,1-3H3,(H,16,17). The Hall–Kier alpha value is -1.51. The maximum Gasteiger partial charge on any atom is 0.417 e. The molecule has 2 unspecified atom stereocenters. The molecule has 2 atom stereocenters. The van der Waals surface area contributed by atoms with E-state index >= 15 is 0 Å². The first-order valence-corrected chi connectivity index (χ1v) is 5.84. The van der Waals surface area contributed by atoms with E-state index in [2.05, 4.69) is 4.74 Å². The second-order valence-electron chi connectivity index (χ2n) is 5.29. The van der Waals surface area contributed by atoms with E-state index in [0.717, 1.165) is 0 Å². The second kappa shape index (κ2) is 5.47. The molecule has 116 valence electrons. The van der Waals surface area contributed by atoms with Crippen molar-refractivity contribution in [2.45, 2.75) is 44.7 Å². The average Bonchev–Trinajstić information content (AvgIpc) is 2.24. The Morgan fingerprint density at radius 3 is 2.25 bits per heavy atom. The van der Waals surface area contributed by atoms with Crippen LogP contribution in [0.5, 0.6) is 0 Å². The second-order valence-corrected chi connectivity index (χ2v) is 5.29. The Balaban J connectivity index is 2.99. The Morgan fingerprint density at radius 1 is 1.30 bits per heavy atom. The molecule has 0 bridgehead atoms. The number of aliphatic carboxylic acids is 1. The van der Waals surface area contributed by atoms with Crippen LogP contribution >= 0.6 is 0 Å². The van der Waals surface area contributed by atoms with Crippen molar-refractivity contribution in [2.75, 3.05) is 13.2 Å². The van der Waals surface area contributed by atoms with Crippen molar-refractivity contribution in [3.63, 3.8) is 0 Å². The van der Waals surface area contributed by atoms with Gasteiger partial charge in [-0.05, 0) is 20.8 Å². The van der Waals surface area contributed by atoms with E-state index in [1.807, 2.05) is 0 Å². The minimum atomic E-state index is -4.89. The lowest BCUT2D eigenvalue weighted by atomic mass is 10.1. The summed E-state index contributed by atoms with van der Waals surface area (Å²) in [6.07, 6.45) is -8.56. The van der Waals surface area contributed by atoms with Crippen molar-refractivity contribution in [1.82, 2.24) is 4.90 Å². The quantitative estimate of drug-likeness (QED) is 0.796. The van der Waals surface area contributed by atoms with Gasteiger partial charge in [-0.3, -0.25) is 4.90 Å². The first-order valence-electron chi connectivity index (χ1n) is 5.84. The van der Waals surface area contributed by atoms with Gasteiger partial charge in [0.2, 0.25) is 0 Å². The summed E-state index contributed by atoms with van der Waals surface area (Å²) >= 11 is 0. The number of amides is 1. The van der Waals surface area contributed by atoms with Crippen molar-refractivity contribution in [3.05, 3.63) is 0 Å². The lowest BCUT2D eigenvalue weighted by Crippen LogP contribution is -2.62. The normalized spacial score (nSPS) is 24.4. The van der Waals surface area contributed by atoms with Crippen molar-refractivity contribution >= 4 is 12.1 Å². The Bertz CT molecular complexity index is 391. The summed E-state index contributed by atoms with van der Waals surface area (Å²) in [5.41, 5.74) is -0.938. The van der Waals surface area contributed by atoms with Gasteiger partial charge >= 0.3 is 18.2 Å². The van der Waals surface area contributed by atoms with Crippen LogP contribution in [-0.2, 0) is 14.3 Å². The highest BCUT2D eigenvalue weighted by molar-refractivity contribution is 5.81. The van der Waals surface area contributed by atoms with Crippen molar-refractivity contribution in [1.29, 1.82) is 0 Å². The van der Waals surface area contributed by atoms with Gasteiger partial charge in [0.15, 0.2) is 12.1 Å². The van der Waals surface area contributed by atoms with E-state index in [-0.39, 0.29) is 6.54 Å². The number of carbonyl (C=O) groups excluding carboxylic acids is 1. The lowest BCUT2D eigenvalue weighted by Gasteiger charge is -2.39. The minimum absolute atomic E-state index is 0.279. The molecular formula is C11H16F3NO5. The third-order valence-electron chi connectivity index (χ3n) is 2.46. The maximum absolute atomic E-state index is 12.8. The number of hydrogen-bond acceptors (Lipinski definition) is 4. The molecule has 0 radical (unpaired) electrons. The Labute approximate surface area is 113 Å². The SMILES string of the molecule is CC(C)(C)OC(=O)N1CCOC(C(F)(F)F)C1C(=O)O. The Morgan fingerprint density at radius 2 is 1.85 bits per heavy atom. The van der Waals surface area contributed by atoms with Crippen LogP contribution in [0.4, 0.5) is 18.0 Å². The van der Waals surface area contributed by atoms with Crippen LogP contribution in [0.15, 0.2) is 0 Å². The zero-order chi connectivity index (χ0) is 15.7. The van der Waals surface area contributed by atoms with E-state index in [1.165, 1.54) is 20.8 Å². The number of rotatable bonds is 1. The van der Waals surface area contributed by atoms with Gasteiger partial charge in [-0.25, -0.2) is 9.59 Å². The van der Waals surface area contributed by atoms with Crippen LogP contribution in [0.25, 0.3) is 0 Å². The van der Waals surface area contributed by atoms with E-state index in [0.29, 0.717) is 4.90 Å². The summed E-state index contributed by atoms with van der Waals surface area (Å²) in [6, 6.07) is -2.15. The first kappa shape index (κ1) is 16.5. The smallest absolute Gasteiger partial charge is 0.417 e. The first-order chi connectivity index (χ1) is 8.93. The van der Waals surface area contributed by atoms with Crippen LogP contribution in [0.3, 0.4) is 0 Å². The van der Waals surface area contributed by atoms with Gasteiger partial charge in [-0.15, -0.1) is 0 Å². The highest BCUT2D eigenvalue weighted by Gasteiger charge is 2.54. The molecule has 1 aliphatic rings. The van der Waals surface area contributed by atoms with Crippen molar-refractivity contribution < 1.29 is 37.3 Å². The number of morpholine rings is 1. The molecular weight excluding hydrogens is 283 g/mol. The zero-order valence-electron chi connectivity index (χ0n) is 11.2. The molecule has 1 amide bonds. The third kappa shape index (κ3) is 3.99. The monoisotopic (exact) mass is 299 g/mol. The van der Waals surface area contributed by atoms with Crippen LogP contribution in [0.2, 0.25) is 0 Å². The number of nitrogens with zero attached hydrogens (tertiary/aromatic N) is 1. The predicted octanol–water partition coefficient (Wildman–Crippen LogP) is 1.64. The zero-order valence-corrected chi connectivity index (χ0v) is 11.2. The van der Waals surface area contributed by atoms with E-state index in [1.54, 1.807) is 0 Å². The van der Waals surface area contributed by atoms with Crippen LogP contribution in [0, 0.1) is 0 Å². The fourth-order valence-electron chi connectivity index (χ4n) is 1.73. The number of carboxylic acid groups (broad SMARTS) is 1. The van der Waals surface area contributed by atoms with Gasteiger partial charge in [0.05, 0.1) is 6.61 Å². The highest BCUT2D eigenvalue weighted by atomic mass is 19.4. The molecule has 1 aliphatic heterocycles. The number of carboxylic acids is 1. The molecule has 0 aromatic heterocycles. The van der Waals surface area contributed by atoms with Gasteiger partial charge in [-0.1, -0.05) is 0 Å². The number of carbonyl (C=O) groups is 2. The molecule has 1 fully saturated rings. The molecule has 0 aliphatic carbocycles. The van der Waals surface area contributed by atoms with E-state index in [4.69, 9.17) is 9.84 Å². The molecule has 9 heteroatoms. The molecule has 20 heavy (non-hydrogen) atoms. The summed E-state index contributed by atoms with van der Waals surface area (Å²) in [5, 5.41) is 8.96. The fraction of sp³-hybridized carbons (Fsp3) is 0.818. The third-order valence-corrected chi connectivity index (χ3v) is 2.46. The lowest BCUT2D eigenvalue weighted by molar-refractivity contribution is -0.251. The maximum atomic E-state index is 12.8. The average molecular weight is 299 g/mol. The summed E-state index contributed by atoms with van der Waals surface area (Å²) in [6.45, 7) is 3.90. The molecule has 1 N–H and O–H groups in total. The molecule has 1 heterocycles. The molecule has 0 spiro atoms. The molecule has 0 aromatic carbocycles. The predicted molar refractivity (Wildman–Crippen MR) is 60.2 cm³/mol. The van der Waals surface area contributed by atoms with Gasteiger partial charge in [0, 0.05) is 6.54 Å². The van der Waals surface area contributed by atoms with Crippen LogP contribution in [-0.4, -0.2) is 59.1 Å². The van der Waals surface area contributed by atoms with E-state index < -0.39 is 42.6 Å². The van der Waals surface area contributed by atoms with Gasteiger partial charge < -0.3 is 14.6 Å². The molecule has 1 saturated heterocycles. The fourth-order valence-corrected chi connectivity index (χ4v) is 1.73. The summed E-state index contributed by atoms with van der Waals surface area (Å²) < 4.78 is 47.7. The molecule has 6 nitrogen and oxygen atoms in total. The summed E-state index contributed by atoms with van der Waals surface area (Å²) in [7, 11) is 0. The topological polar surface area (TPSA) is 76.1 Å². The molecule has 0 saturated carbocycles. The number of alkyl halides is 3. The number of halogens is 3. The highest BCUT2D eigenvalue weighted by Crippen LogP contribution is 2.31.